The molecule has 1 aliphatic rings. The van der Waals surface area contributed by atoms with Crippen molar-refractivity contribution in [2.45, 2.75) is 0 Å². The first-order valence-corrected chi connectivity index (χ1v) is 5.82. The Morgan fingerprint density at radius 1 is 1.18 bits per heavy atom. The van der Waals surface area contributed by atoms with Crippen LogP contribution in [-0.2, 0) is 0 Å². The highest BCUT2D eigenvalue weighted by atomic mass is 35.5. The molecule has 0 radical (unpaired) electrons. The van der Waals surface area contributed by atoms with Gasteiger partial charge in [-0.25, -0.2) is 4.98 Å². The zero-order chi connectivity index (χ0) is 11.0. The number of aromatic nitrogens is 1. The van der Waals surface area contributed by atoms with Gasteiger partial charge in [-0.1, -0.05) is 0 Å². The Labute approximate surface area is 109 Å². The van der Waals surface area contributed by atoms with Crippen LogP contribution in [0.4, 0.5) is 5.13 Å². The summed E-state index contributed by atoms with van der Waals surface area (Å²) >= 11 is 1.43. The molecule has 0 fully saturated rings. The first-order chi connectivity index (χ1) is 7.83. The van der Waals surface area contributed by atoms with E-state index >= 15 is 0 Å². The van der Waals surface area contributed by atoms with Crippen LogP contribution in [0.3, 0.4) is 0 Å². The van der Waals surface area contributed by atoms with Crippen LogP contribution in [0.25, 0.3) is 11.3 Å². The summed E-state index contributed by atoms with van der Waals surface area (Å²) in [4.78, 5) is 4.23. The topological polar surface area (TPSA) is 57.4 Å². The number of nitrogens with two attached hydrogens (primary N) is 1. The summed E-state index contributed by atoms with van der Waals surface area (Å²) in [5.74, 6) is 1.56. The summed E-state index contributed by atoms with van der Waals surface area (Å²) in [5.41, 5.74) is 7.48. The largest absolute Gasteiger partial charge is 1.00 e. The van der Waals surface area contributed by atoms with Crippen molar-refractivity contribution in [1.82, 2.24) is 4.98 Å². The van der Waals surface area contributed by atoms with Gasteiger partial charge in [0.2, 0.25) is 0 Å². The van der Waals surface area contributed by atoms with Crippen LogP contribution in [0.2, 0.25) is 0 Å². The number of thiazole rings is 1. The smallest absolute Gasteiger partial charge is 0.180 e. The lowest BCUT2D eigenvalue weighted by Gasteiger charge is -2.18. The van der Waals surface area contributed by atoms with Crippen molar-refractivity contribution in [2.24, 2.45) is 0 Å². The first kappa shape index (κ1) is 12.0. The van der Waals surface area contributed by atoms with E-state index in [-0.39, 0.29) is 12.4 Å². The minimum atomic E-state index is 0. The van der Waals surface area contributed by atoms with E-state index in [1.807, 2.05) is 23.6 Å². The van der Waals surface area contributed by atoms with Crippen molar-refractivity contribution in [3.05, 3.63) is 23.6 Å². The summed E-state index contributed by atoms with van der Waals surface area (Å²) < 4.78 is 11.0. The molecule has 0 saturated heterocycles. The normalized spacial score (nSPS) is 12.9. The highest BCUT2D eigenvalue weighted by Crippen LogP contribution is 2.34. The molecule has 1 aromatic heterocycles. The fraction of sp³-hybridized carbons (Fsp3) is 0.182. The van der Waals surface area contributed by atoms with Gasteiger partial charge in [-0.15, -0.1) is 11.3 Å². The molecule has 2 N–H and O–H groups in total. The van der Waals surface area contributed by atoms with Crippen LogP contribution in [-0.4, -0.2) is 18.2 Å². The van der Waals surface area contributed by atoms with Gasteiger partial charge in [-0.2, -0.15) is 0 Å². The molecular weight excluding hydrogens is 260 g/mol. The Morgan fingerprint density at radius 3 is 2.65 bits per heavy atom. The molecule has 4 nitrogen and oxygen atoms in total. The molecular formula is C11H10ClN2O2S-. The van der Waals surface area contributed by atoms with Crippen LogP contribution in [0, 0.1) is 0 Å². The molecule has 0 aliphatic carbocycles. The van der Waals surface area contributed by atoms with E-state index in [0.29, 0.717) is 18.3 Å². The van der Waals surface area contributed by atoms with Crippen LogP contribution in [0.1, 0.15) is 0 Å². The fourth-order valence-electron chi connectivity index (χ4n) is 1.62. The van der Waals surface area contributed by atoms with Crippen LogP contribution in [0.5, 0.6) is 11.5 Å². The third-order valence-corrected chi connectivity index (χ3v) is 3.03. The molecule has 2 aromatic rings. The second kappa shape index (κ2) is 4.81. The quantitative estimate of drug-likeness (QED) is 0.734. The third kappa shape index (κ3) is 2.30. The lowest BCUT2D eigenvalue weighted by molar-refractivity contribution is -0.00000379. The highest BCUT2D eigenvalue weighted by molar-refractivity contribution is 7.13. The SMILES string of the molecule is Nc1nc(-c2ccc3c(c2)OCCO3)cs1.[Cl-]. The van der Waals surface area contributed by atoms with Crippen LogP contribution >= 0.6 is 11.3 Å². The lowest BCUT2D eigenvalue weighted by Crippen LogP contribution is -3.00. The average Bonchev–Trinajstić information content (AvgIpc) is 2.75. The number of benzene rings is 1. The lowest BCUT2D eigenvalue weighted by atomic mass is 10.1. The molecule has 0 amide bonds. The average molecular weight is 270 g/mol. The second-order valence-electron chi connectivity index (χ2n) is 3.43. The van der Waals surface area contributed by atoms with Gasteiger partial charge in [0.25, 0.3) is 0 Å². The first-order valence-electron chi connectivity index (χ1n) is 4.94. The van der Waals surface area contributed by atoms with Gasteiger partial charge < -0.3 is 27.6 Å². The van der Waals surface area contributed by atoms with Gasteiger partial charge in [0.05, 0.1) is 5.69 Å². The predicted molar refractivity (Wildman–Crippen MR) is 63.0 cm³/mol. The Morgan fingerprint density at radius 2 is 1.94 bits per heavy atom. The minimum absolute atomic E-state index is 0. The summed E-state index contributed by atoms with van der Waals surface area (Å²) in [6.07, 6.45) is 0. The number of anilines is 1. The van der Waals surface area contributed by atoms with E-state index in [1.54, 1.807) is 0 Å². The zero-order valence-electron chi connectivity index (χ0n) is 8.85. The number of hydrogen-bond acceptors (Lipinski definition) is 5. The standard InChI is InChI=1S/C11H10N2O2S.ClH/c12-11-13-8(6-16-11)7-1-2-9-10(5-7)15-4-3-14-9;/h1-2,5-6H,3-4H2,(H2,12,13);1H/p-1. The molecule has 1 aromatic carbocycles. The molecule has 1 aliphatic heterocycles. The highest BCUT2D eigenvalue weighted by Gasteiger charge is 2.13. The van der Waals surface area contributed by atoms with Crippen molar-refractivity contribution < 1.29 is 21.9 Å². The maximum absolute atomic E-state index is 5.61. The van der Waals surface area contributed by atoms with Crippen LogP contribution in [0.15, 0.2) is 23.6 Å². The Bertz CT molecular complexity index is 530. The predicted octanol–water partition coefficient (Wildman–Crippen LogP) is -0.833. The van der Waals surface area contributed by atoms with E-state index in [4.69, 9.17) is 15.2 Å². The van der Waals surface area contributed by atoms with E-state index in [9.17, 15) is 0 Å². The number of nitrogen functional groups attached to an aromatic ring is 1. The van der Waals surface area contributed by atoms with Crippen molar-refractivity contribution in [1.29, 1.82) is 0 Å². The van der Waals surface area contributed by atoms with Gasteiger partial charge in [-0.05, 0) is 18.2 Å². The van der Waals surface area contributed by atoms with Crippen molar-refractivity contribution >= 4 is 16.5 Å². The monoisotopic (exact) mass is 269 g/mol. The van der Waals surface area contributed by atoms with E-state index in [2.05, 4.69) is 4.98 Å². The Balaban J connectivity index is 0.00000108. The summed E-state index contributed by atoms with van der Waals surface area (Å²) in [6.45, 7) is 1.20. The number of hydrogen-bond donors (Lipinski definition) is 1. The van der Waals surface area contributed by atoms with E-state index < -0.39 is 0 Å². The maximum Gasteiger partial charge on any atom is 0.180 e. The van der Waals surface area contributed by atoms with Gasteiger partial charge in [0.15, 0.2) is 16.6 Å². The van der Waals surface area contributed by atoms with Crippen molar-refractivity contribution in [3.63, 3.8) is 0 Å². The summed E-state index contributed by atoms with van der Waals surface area (Å²) in [6, 6.07) is 5.80. The zero-order valence-corrected chi connectivity index (χ0v) is 10.4. The molecule has 90 valence electrons. The number of nitrogens with zero attached hydrogens (tertiary/aromatic N) is 1. The Kier molecular flexibility index (Phi) is 3.40. The third-order valence-electron chi connectivity index (χ3n) is 2.36. The fourth-order valence-corrected chi connectivity index (χ4v) is 2.20. The van der Waals surface area contributed by atoms with Crippen LogP contribution < -0.4 is 27.6 Å². The Hall–Kier alpha value is -1.46. The number of fused-ring (bicyclic) bond motifs is 1. The molecule has 17 heavy (non-hydrogen) atoms. The van der Waals surface area contributed by atoms with E-state index in [0.717, 1.165) is 22.8 Å². The number of ether oxygens (including phenoxy) is 2. The second-order valence-corrected chi connectivity index (χ2v) is 4.32. The van der Waals surface area contributed by atoms with E-state index in [1.165, 1.54) is 11.3 Å². The van der Waals surface area contributed by atoms with Crippen molar-refractivity contribution in [3.8, 4) is 22.8 Å². The molecule has 0 saturated carbocycles. The molecule has 6 heteroatoms. The molecule has 2 heterocycles. The molecule has 0 bridgehead atoms. The van der Waals surface area contributed by atoms with Gasteiger partial charge in [-0.3, -0.25) is 0 Å². The maximum atomic E-state index is 5.61. The van der Waals surface area contributed by atoms with Gasteiger partial charge in [0.1, 0.15) is 13.2 Å². The van der Waals surface area contributed by atoms with Crippen molar-refractivity contribution in [2.75, 3.05) is 18.9 Å². The molecule has 0 atom stereocenters. The minimum Gasteiger partial charge on any atom is -1.00 e. The van der Waals surface area contributed by atoms with Gasteiger partial charge >= 0.3 is 0 Å². The summed E-state index contributed by atoms with van der Waals surface area (Å²) in [7, 11) is 0. The molecule has 0 spiro atoms. The number of halogens is 1. The number of rotatable bonds is 1. The summed E-state index contributed by atoms with van der Waals surface area (Å²) in [5, 5.41) is 2.51. The molecule has 0 unspecified atom stereocenters. The molecule has 3 rings (SSSR count). The van der Waals surface area contributed by atoms with Gasteiger partial charge in [0, 0.05) is 10.9 Å².